The predicted octanol–water partition coefficient (Wildman–Crippen LogP) is 13.6. The van der Waals surface area contributed by atoms with Gasteiger partial charge in [-0.3, -0.25) is 4.79 Å². The van der Waals surface area contributed by atoms with Crippen molar-refractivity contribution in [1.82, 2.24) is 4.90 Å². The summed E-state index contributed by atoms with van der Waals surface area (Å²) in [4.78, 5) is 27.6. The Morgan fingerprint density at radius 3 is 1.42 bits per heavy atom. The van der Waals surface area contributed by atoms with Crippen LogP contribution >= 0.6 is 0 Å². The predicted molar refractivity (Wildman–Crippen MR) is 214 cm³/mol. The summed E-state index contributed by atoms with van der Waals surface area (Å²) < 4.78 is 16.7. The Kier molecular flexibility index (Phi) is 37.9. The second-order valence-electron chi connectivity index (χ2n) is 15.2. The van der Waals surface area contributed by atoms with Crippen molar-refractivity contribution in [2.24, 2.45) is 11.8 Å². The Labute approximate surface area is 312 Å². The summed E-state index contributed by atoms with van der Waals surface area (Å²) in [5, 5.41) is 0. The van der Waals surface area contributed by atoms with Crippen molar-refractivity contribution in [2.75, 3.05) is 39.5 Å². The van der Waals surface area contributed by atoms with Gasteiger partial charge in [-0.05, 0) is 83.3 Å². The molecule has 0 rings (SSSR count). The first-order chi connectivity index (χ1) is 24.5. The Morgan fingerprint density at radius 2 is 0.860 bits per heavy atom. The smallest absolute Gasteiger partial charge is 0.465 e. The van der Waals surface area contributed by atoms with Crippen molar-refractivity contribution in [3.63, 3.8) is 0 Å². The molecule has 298 valence electrons. The molecule has 0 aliphatic carbocycles. The molecular formula is C44H87NO5. The Balaban J connectivity index is 4.06. The molecule has 0 saturated heterocycles. The molecule has 0 fully saturated rings. The van der Waals surface area contributed by atoms with Crippen LogP contribution in [0.15, 0.2) is 0 Å². The molecule has 0 bridgehead atoms. The average molecular weight is 710 g/mol. The molecule has 0 aromatic rings. The standard InChI is InChI=1S/C44H87NO5/c1-6-11-15-18-19-26-34-42(33-25-17-13-8-3)43(46)48-38-29-22-20-27-36-45(35-10-5)37-28-21-23-30-39-49-44(47)50-40-41(31-14-9-4)32-24-16-12-7-2/h41-42H,6-40H2,1-5H3. The first kappa shape index (κ1) is 48.7. The lowest BCUT2D eigenvalue weighted by atomic mass is 9.94. The lowest BCUT2D eigenvalue weighted by Crippen LogP contribution is -2.27. The van der Waals surface area contributed by atoms with Crippen LogP contribution in [0.3, 0.4) is 0 Å². The van der Waals surface area contributed by atoms with Gasteiger partial charge in [-0.1, -0.05) is 163 Å². The molecule has 0 N–H and O–H groups in total. The molecular weight excluding hydrogens is 622 g/mol. The molecule has 0 spiro atoms. The van der Waals surface area contributed by atoms with E-state index < -0.39 is 6.16 Å². The Bertz CT molecular complexity index is 717. The van der Waals surface area contributed by atoms with Gasteiger partial charge in [0, 0.05) is 0 Å². The topological polar surface area (TPSA) is 65.1 Å². The van der Waals surface area contributed by atoms with Gasteiger partial charge in [-0.15, -0.1) is 0 Å². The van der Waals surface area contributed by atoms with E-state index in [4.69, 9.17) is 14.2 Å². The van der Waals surface area contributed by atoms with E-state index in [1.165, 1.54) is 122 Å². The molecule has 50 heavy (non-hydrogen) atoms. The Hall–Kier alpha value is -1.30. The van der Waals surface area contributed by atoms with Crippen LogP contribution in [0.1, 0.15) is 221 Å². The third-order valence-electron chi connectivity index (χ3n) is 10.3. The van der Waals surface area contributed by atoms with E-state index in [2.05, 4.69) is 39.5 Å². The van der Waals surface area contributed by atoms with Crippen molar-refractivity contribution < 1.29 is 23.8 Å². The Morgan fingerprint density at radius 1 is 0.420 bits per heavy atom. The number of unbranched alkanes of at least 4 members (excludes halogenated alkanes) is 18. The number of carbonyl (C=O) groups excluding carboxylic acids is 2. The van der Waals surface area contributed by atoms with E-state index in [-0.39, 0.29) is 11.9 Å². The summed E-state index contributed by atoms with van der Waals surface area (Å²) >= 11 is 0. The summed E-state index contributed by atoms with van der Waals surface area (Å²) in [5.41, 5.74) is 0. The monoisotopic (exact) mass is 710 g/mol. The highest BCUT2D eigenvalue weighted by molar-refractivity contribution is 5.72. The fraction of sp³-hybridized carbons (Fsp3) is 0.955. The summed E-state index contributed by atoms with van der Waals surface area (Å²) in [6.07, 6.45) is 33.8. The van der Waals surface area contributed by atoms with Gasteiger partial charge >= 0.3 is 12.1 Å². The summed E-state index contributed by atoms with van der Waals surface area (Å²) in [6.45, 7) is 16.2. The average Bonchev–Trinajstić information content (AvgIpc) is 3.12. The molecule has 0 aromatic heterocycles. The zero-order chi connectivity index (χ0) is 36.8. The van der Waals surface area contributed by atoms with Crippen molar-refractivity contribution in [3.8, 4) is 0 Å². The first-order valence-electron chi connectivity index (χ1n) is 22.2. The van der Waals surface area contributed by atoms with Crippen LogP contribution in [-0.2, 0) is 19.0 Å². The number of rotatable bonds is 39. The molecule has 0 amide bonds. The minimum absolute atomic E-state index is 0.0649. The van der Waals surface area contributed by atoms with Crippen LogP contribution in [-0.4, -0.2) is 56.5 Å². The molecule has 0 radical (unpaired) electrons. The van der Waals surface area contributed by atoms with E-state index in [0.717, 1.165) is 83.8 Å². The van der Waals surface area contributed by atoms with E-state index in [1.54, 1.807) is 0 Å². The van der Waals surface area contributed by atoms with Crippen LogP contribution in [0.5, 0.6) is 0 Å². The lowest BCUT2D eigenvalue weighted by molar-refractivity contribution is -0.149. The molecule has 2 unspecified atom stereocenters. The van der Waals surface area contributed by atoms with Crippen molar-refractivity contribution in [1.29, 1.82) is 0 Å². The minimum Gasteiger partial charge on any atom is -0.465 e. The lowest BCUT2D eigenvalue weighted by Gasteiger charge is -2.21. The van der Waals surface area contributed by atoms with Crippen molar-refractivity contribution >= 4 is 12.1 Å². The minimum atomic E-state index is -0.488. The van der Waals surface area contributed by atoms with Gasteiger partial charge in [0.05, 0.1) is 25.7 Å². The van der Waals surface area contributed by atoms with Crippen molar-refractivity contribution in [2.45, 2.75) is 221 Å². The quantitative estimate of drug-likeness (QED) is 0.0467. The van der Waals surface area contributed by atoms with Crippen LogP contribution in [0.2, 0.25) is 0 Å². The maximum atomic E-state index is 12.9. The van der Waals surface area contributed by atoms with Gasteiger partial charge in [-0.25, -0.2) is 4.79 Å². The molecule has 0 aliphatic heterocycles. The maximum Gasteiger partial charge on any atom is 0.508 e. The number of carbonyl (C=O) groups is 2. The largest absolute Gasteiger partial charge is 0.508 e. The molecule has 0 saturated carbocycles. The van der Waals surface area contributed by atoms with Gasteiger partial charge in [-0.2, -0.15) is 0 Å². The van der Waals surface area contributed by atoms with Crippen LogP contribution in [0.4, 0.5) is 4.79 Å². The number of hydrogen-bond donors (Lipinski definition) is 0. The molecule has 2 atom stereocenters. The highest BCUT2D eigenvalue weighted by Gasteiger charge is 2.19. The van der Waals surface area contributed by atoms with Crippen LogP contribution in [0.25, 0.3) is 0 Å². The van der Waals surface area contributed by atoms with Gasteiger partial charge in [0.15, 0.2) is 0 Å². The maximum absolute atomic E-state index is 12.9. The highest BCUT2D eigenvalue weighted by Crippen LogP contribution is 2.21. The summed E-state index contributed by atoms with van der Waals surface area (Å²) in [7, 11) is 0. The van der Waals surface area contributed by atoms with Gasteiger partial charge in [0.1, 0.15) is 0 Å². The van der Waals surface area contributed by atoms with Crippen LogP contribution < -0.4 is 0 Å². The van der Waals surface area contributed by atoms with E-state index in [0.29, 0.717) is 25.7 Å². The fourth-order valence-electron chi connectivity index (χ4n) is 6.94. The van der Waals surface area contributed by atoms with Gasteiger partial charge < -0.3 is 19.1 Å². The molecule has 0 aromatic carbocycles. The first-order valence-corrected chi connectivity index (χ1v) is 22.2. The van der Waals surface area contributed by atoms with E-state index in [1.807, 2.05) is 0 Å². The SMILES string of the molecule is CCCCCCCCC(CCCCCC)C(=O)OCCCCCCN(CCC)CCCCCCOC(=O)OCC(CCCC)CCCCCC. The second-order valence-corrected chi connectivity index (χ2v) is 15.2. The number of hydrogen-bond acceptors (Lipinski definition) is 6. The van der Waals surface area contributed by atoms with E-state index in [9.17, 15) is 9.59 Å². The van der Waals surface area contributed by atoms with Crippen LogP contribution in [0, 0.1) is 11.8 Å². The number of ether oxygens (including phenoxy) is 3. The molecule has 0 aliphatic rings. The molecule has 6 nitrogen and oxygen atoms in total. The number of nitrogens with zero attached hydrogens (tertiary/aromatic N) is 1. The van der Waals surface area contributed by atoms with Gasteiger partial charge in [0.2, 0.25) is 0 Å². The summed E-state index contributed by atoms with van der Waals surface area (Å²) in [5.74, 6) is 0.639. The number of esters is 1. The normalized spacial score (nSPS) is 12.7. The third kappa shape index (κ3) is 32.6. The highest BCUT2D eigenvalue weighted by atomic mass is 16.7. The second kappa shape index (κ2) is 38.9. The van der Waals surface area contributed by atoms with Crippen molar-refractivity contribution in [3.05, 3.63) is 0 Å². The van der Waals surface area contributed by atoms with E-state index >= 15 is 0 Å². The molecule has 0 heterocycles. The summed E-state index contributed by atoms with van der Waals surface area (Å²) in [6, 6.07) is 0. The third-order valence-corrected chi connectivity index (χ3v) is 10.3. The van der Waals surface area contributed by atoms with Gasteiger partial charge in [0.25, 0.3) is 0 Å². The zero-order valence-corrected chi connectivity index (χ0v) is 34.4. The molecule has 6 heteroatoms. The zero-order valence-electron chi connectivity index (χ0n) is 34.4. The fourth-order valence-corrected chi connectivity index (χ4v) is 6.94.